The molecule has 1 aliphatic carbocycles. The second-order valence-electron chi connectivity index (χ2n) is 14.5. The molecular formula is C53H38N2O. The highest BCUT2D eigenvalue weighted by Gasteiger charge is 2.51. The van der Waals surface area contributed by atoms with E-state index in [1.807, 2.05) is 42.5 Å². The fraction of sp³-hybridized carbons (Fsp3) is 0.0377. The molecule has 2 N–H and O–H groups in total. The second-order valence-corrected chi connectivity index (χ2v) is 14.5. The Morgan fingerprint density at radius 3 is 1.73 bits per heavy atom. The molecule has 0 atom stereocenters. The van der Waals surface area contributed by atoms with E-state index < -0.39 is 5.41 Å². The molecule has 0 aromatic heterocycles. The minimum Gasteiger partial charge on any atom is -0.457 e. The van der Waals surface area contributed by atoms with Crippen molar-refractivity contribution < 1.29 is 4.74 Å². The van der Waals surface area contributed by atoms with Crippen molar-refractivity contribution in [3.8, 4) is 44.9 Å². The Labute approximate surface area is 327 Å². The van der Waals surface area contributed by atoms with Crippen LogP contribution in [-0.2, 0) is 12.0 Å². The summed E-state index contributed by atoms with van der Waals surface area (Å²) in [4.78, 5) is 4.97. The Kier molecular flexibility index (Phi) is 8.26. The summed E-state index contributed by atoms with van der Waals surface area (Å²) < 4.78 is 6.55. The molecule has 0 radical (unpaired) electrons. The number of nitrogens with two attached hydrogens (primary N) is 1. The number of para-hydroxylation sites is 2. The van der Waals surface area contributed by atoms with Crippen molar-refractivity contribution in [2.75, 3.05) is 0 Å². The van der Waals surface area contributed by atoms with Crippen LogP contribution in [-0.4, -0.2) is 5.71 Å². The van der Waals surface area contributed by atoms with Crippen molar-refractivity contribution in [2.24, 2.45) is 10.7 Å². The first-order valence-corrected chi connectivity index (χ1v) is 19.1. The van der Waals surface area contributed by atoms with E-state index in [1.54, 1.807) is 0 Å². The number of ether oxygens (including phenoxy) is 1. The number of nitrogens with zero attached hydrogens (tertiary/aromatic N) is 1. The number of aliphatic imine (C=N–C) groups is 1. The average Bonchev–Trinajstić information content (AvgIpc) is 3.56. The van der Waals surface area contributed by atoms with E-state index in [2.05, 4.69) is 164 Å². The summed E-state index contributed by atoms with van der Waals surface area (Å²) in [6.07, 6.45) is 1.99. The first-order chi connectivity index (χ1) is 27.7. The standard InChI is InChI=1S/C53H38N2O/c54-49(34-50(39-16-5-2-6-17-39)55-35-36-14-3-1-4-15-36)38-28-26-37(27-29-38)40-18-13-19-41(32-40)42-30-31-44-43-20-7-8-21-45(43)53(48(44)33-42)46-22-9-11-24-51(46)56-52-25-12-10-23-47(52)53/h1-34H,35,54H2/b49-34-,55-50?. The molecule has 0 fully saturated rings. The molecule has 8 aromatic carbocycles. The minimum absolute atomic E-state index is 0.499. The summed E-state index contributed by atoms with van der Waals surface area (Å²) in [5.41, 5.74) is 23.0. The van der Waals surface area contributed by atoms with Gasteiger partial charge < -0.3 is 10.5 Å². The Balaban J connectivity index is 1.00. The number of allylic oxidation sites excluding steroid dienone is 1. The molecule has 266 valence electrons. The van der Waals surface area contributed by atoms with E-state index in [1.165, 1.54) is 38.9 Å². The van der Waals surface area contributed by atoms with Crippen molar-refractivity contribution in [3.63, 3.8) is 0 Å². The van der Waals surface area contributed by atoms with Crippen LogP contribution in [0.25, 0.3) is 39.1 Å². The van der Waals surface area contributed by atoms with E-state index in [0.717, 1.165) is 50.6 Å². The van der Waals surface area contributed by atoms with Gasteiger partial charge in [0.2, 0.25) is 0 Å². The highest BCUT2D eigenvalue weighted by molar-refractivity contribution is 6.12. The summed E-state index contributed by atoms with van der Waals surface area (Å²) >= 11 is 0. The lowest BCUT2D eigenvalue weighted by atomic mass is 9.66. The monoisotopic (exact) mass is 718 g/mol. The van der Waals surface area contributed by atoms with Crippen LogP contribution < -0.4 is 10.5 Å². The van der Waals surface area contributed by atoms with Crippen LogP contribution in [0.5, 0.6) is 11.5 Å². The van der Waals surface area contributed by atoms with Crippen LogP contribution in [0.15, 0.2) is 211 Å². The van der Waals surface area contributed by atoms with Gasteiger partial charge in [0, 0.05) is 16.8 Å². The smallest absolute Gasteiger partial charge is 0.132 e. The van der Waals surface area contributed by atoms with Crippen LogP contribution >= 0.6 is 0 Å². The maximum absolute atomic E-state index is 6.76. The highest BCUT2D eigenvalue weighted by atomic mass is 16.5. The van der Waals surface area contributed by atoms with Crippen LogP contribution in [0.3, 0.4) is 0 Å². The molecule has 0 saturated heterocycles. The zero-order valence-corrected chi connectivity index (χ0v) is 30.8. The quantitative estimate of drug-likeness (QED) is 0.167. The van der Waals surface area contributed by atoms with E-state index >= 15 is 0 Å². The summed E-state index contributed by atoms with van der Waals surface area (Å²) in [6, 6.07) is 70.7. The molecule has 0 bridgehead atoms. The number of fused-ring (bicyclic) bond motifs is 9. The molecule has 0 saturated carbocycles. The zero-order chi connectivity index (χ0) is 37.5. The molecule has 2 aliphatic rings. The van der Waals surface area contributed by atoms with Crippen molar-refractivity contribution in [1.82, 2.24) is 0 Å². The van der Waals surface area contributed by atoms with Gasteiger partial charge in [-0.25, -0.2) is 0 Å². The highest BCUT2D eigenvalue weighted by Crippen LogP contribution is 2.62. The van der Waals surface area contributed by atoms with Gasteiger partial charge >= 0.3 is 0 Å². The van der Waals surface area contributed by atoms with Gasteiger partial charge in [0.1, 0.15) is 11.5 Å². The Morgan fingerprint density at radius 2 is 1.02 bits per heavy atom. The SMILES string of the molecule is N/C(=C\C(=NCc1ccccc1)c1ccccc1)c1ccc(-c2cccc(-c3ccc4c(c3)C3(c5ccccc5Oc5ccccc53)c3ccccc3-4)c2)cc1. The predicted octanol–water partition coefficient (Wildman–Crippen LogP) is 12.5. The minimum atomic E-state index is -0.499. The molecule has 1 heterocycles. The van der Waals surface area contributed by atoms with Crippen molar-refractivity contribution in [3.05, 3.63) is 245 Å². The second kappa shape index (κ2) is 13.9. The van der Waals surface area contributed by atoms with Gasteiger partial charge in [-0.15, -0.1) is 0 Å². The summed E-state index contributed by atoms with van der Waals surface area (Å²) in [6.45, 7) is 0.581. The number of hydrogen-bond donors (Lipinski definition) is 1. The lowest BCUT2D eigenvalue weighted by Crippen LogP contribution is -2.32. The maximum Gasteiger partial charge on any atom is 0.132 e. The molecule has 56 heavy (non-hydrogen) atoms. The number of rotatable bonds is 7. The third kappa shape index (κ3) is 5.64. The predicted molar refractivity (Wildman–Crippen MR) is 230 cm³/mol. The van der Waals surface area contributed by atoms with E-state index in [4.69, 9.17) is 15.5 Å². The topological polar surface area (TPSA) is 47.6 Å². The average molecular weight is 719 g/mol. The van der Waals surface area contributed by atoms with Crippen molar-refractivity contribution >= 4 is 11.4 Å². The van der Waals surface area contributed by atoms with Crippen molar-refractivity contribution in [2.45, 2.75) is 12.0 Å². The molecule has 3 heteroatoms. The van der Waals surface area contributed by atoms with Gasteiger partial charge in [-0.05, 0) is 91.5 Å². The maximum atomic E-state index is 6.76. The van der Waals surface area contributed by atoms with Crippen LogP contribution in [0.2, 0.25) is 0 Å². The molecule has 10 rings (SSSR count). The fourth-order valence-electron chi connectivity index (χ4n) is 8.59. The van der Waals surface area contributed by atoms with Gasteiger partial charge in [-0.2, -0.15) is 0 Å². The largest absolute Gasteiger partial charge is 0.457 e. The molecule has 8 aromatic rings. The Hall–Kier alpha value is -7.23. The Morgan fingerprint density at radius 1 is 0.464 bits per heavy atom. The normalized spacial score (nSPS) is 13.6. The molecule has 0 amide bonds. The number of hydrogen-bond acceptors (Lipinski definition) is 3. The van der Waals surface area contributed by atoms with E-state index in [9.17, 15) is 0 Å². The van der Waals surface area contributed by atoms with Gasteiger partial charge in [0.15, 0.2) is 0 Å². The van der Waals surface area contributed by atoms with Gasteiger partial charge in [-0.3, -0.25) is 4.99 Å². The summed E-state index contributed by atoms with van der Waals surface area (Å²) in [7, 11) is 0. The first kappa shape index (κ1) is 33.3. The lowest BCUT2D eigenvalue weighted by Gasteiger charge is -2.39. The zero-order valence-electron chi connectivity index (χ0n) is 30.8. The van der Waals surface area contributed by atoms with E-state index in [0.29, 0.717) is 12.2 Å². The van der Waals surface area contributed by atoms with Gasteiger partial charge in [0.05, 0.1) is 17.7 Å². The Bertz CT molecular complexity index is 2750. The van der Waals surface area contributed by atoms with Crippen LogP contribution in [0.1, 0.15) is 38.9 Å². The molecule has 1 spiro atoms. The third-order valence-electron chi connectivity index (χ3n) is 11.2. The van der Waals surface area contributed by atoms with Crippen molar-refractivity contribution in [1.29, 1.82) is 0 Å². The molecule has 3 nitrogen and oxygen atoms in total. The summed E-state index contributed by atoms with van der Waals surface area (Å²) in [5, 5.41) is 0. The molecule has 1 aliphatic heterocycles. The molecule has 0 unspecified atom stereocenters. The third-order valence-corrected chi connectivity index (χ3v) is 11.2. The fourth-order valence-corrected chi connectivity index (χ4v) is 8.59. The van der Waals surface area contributed by atoms with Gasteiger partial charge in [0.25, 0.3) is 0 Å². The number of benzene rings is 8. The van der Waals surface area contributed by atoms with Gasteiger partial charge in [-0.1, -0.05) is 176 Å². The van der Waals surface area contributed by atoms with E-state index in [-0.39, 0.29) is 0 Å². The lowest BCUT2D eigenvalue weighted by molar-refractivity contribution is 0.436. The first-order valence-electron chi connectivity index (χ1n) is 19.1. The summed E-state index contributed by atoms with van der Waals surface area (Å²) in [5.74, 6) is 1.80. The molecular weight excluding hydrogens is 681 g/mol. The van der Waals surface area contributed by atoms with Crippen LogP contribution in [0.4, 0.5) is 0 Å². The van der Waals surface area contributed by atoms with Crippen LogP contribution in [0, 0.1) is 0 Å².